The van der Waals surface area contributed by atoms with Crippen LogP contribution in [0.3, 0.4) is 0 Å². The Labute approximate surface area is 158 Å². The van der Waals surface area contributed by atoms with E-state index in [1.54, 1.807) is 11.5 Å². The lowest BCUT2D eigenvalue weighted by Crippen LogP contribution is -2.29. The van der Waals surface area contributed by atoms with Crippen molar-refractivity contribution < 1.29 is 0 Å². The van der Waals surface area contributed by atoms with E-state index >= 15 is 0 Å². The van der Waals surface area contributed by atoms with Crippen LogP contribution < -0.4 is 9.80 Å². The van der Waals surface area contributed by atoms with Gasteiger partial charge in [-0.15, -0.1) is 5.10 Å². The highest BCUT2D eigenvalue weighted by Crippen LogP contribution is 2.41. The highest BCUT2D eigenvalue weighted by atomic mass is 32.1. The molecule has 6 nitrogen and oxygen atoms in total. The van der Waals surface area contributed by atoms with Gasteiger partial charge in [0.15, 0.2) is 5.82 Å². The van der Waals surface area contributed by atoms with Crippen LogP contribution >= 0.6 is 11.5 Å². The summed E-state index contributed by atoms with van der Waals surface area (Å²) >= 11 is 1.58. The largest absolute Gasteiger partial charge is 0.354 e. The smallest absolute Gasteiger partial charge is 0.205 e. The predicted octanol–water partition coefficient (Wildman–Crippen LogP) is 3.08. The molecule has 5 rings (SSSR count). The average Bonchev–Trinajstić information content (AvgIpc) is 3.03. The second-order valence-corrected chi connectivity index (χ2v) is 9.80. The van der Waals surface area contributed by atoms with Crippen molar-refractivity contribution >= 4 is 22.5 Å². The van der Waals surface area contributed by atoms with Crippen molar-refractivity contribution in [3.63, 3.8) is 0 Å². The summed E-state index contributed by atoms with van der Waals surface area (Å²) in [6, 6.07) is 4.27. The van der Waals surface area contributed by atoms with Crippen molar-refractivity contribution in [3.05, 3.63) is 23.7 Å². The molecule has 4 heterocycles. The van der Waals surface area contributed by atoms with Crippen LogP contribution in [0.4, 0.5) is 10.9 Å². The first-order chi connectivity index (χ1) is 12.5. The summed E-state index contributed by atoms with van der Waals surface area (Å²) in [6.07, 6.45) is 2.54. The molecule has 3 aliphatic rings. The zero-order valence-electron chi connectivity index (χ0n) is 15.7. The lowest BCUT2D eigenvalue weighted by Gasteiger charge is -2.22. The highest BCUT2D eigenvalue weighted by Gasteiger charge is 2.42. The van der Waals surface area contributed by atoms with Gasteiger partial charge in [0, 0.05) is 60.9 Å². The molecule has 138 valence electrons. The molecule has 2 saturated heterocycles. The van der Waals surface area contributed by atoms with Crippen LogP contribution in [0.1, 0.15) is 51.0 Å². The van der Waals surface area contributed by atoms with Gasteiger partial charge < -0.3 is 9.80 Å². The molecule has 1 aliphatic carbocycles. The van der Waals surface area contributed by atoms with E-state index in [1.807, 2.05) is 0 Å². The molecular formula is C19H26N6S. The minimum atomic E-state index is 0.0502. The number of aromatic nitrogens is 4. The van der Waals surface area contributed by atoms with E-state index in [1.165, 1.54) is 12.8 Å². The van der Waals surface area contributed by atoms with Crippen molar-refractivity contribution in [1.82, 2.24) is 19.6 Å². The van der Waals surface area contributed by atoms with Gasteiger partial charge in [-0.05, 0) is 25.0 Å². The van der Waals surface area contributed by atoms with Crippen LogP contribution in [0.2, 0.25) is 0 Å². The fourth-order valence-electron chi connectivity index (χ4n) is 4.09. The molecule has 1 saturated carbocycles. The molecule has 0 N–H and O–H groups in total. The third-order valence-electron chi connectivity index (χ3n) is 5.87. The van der Waals surface area contributed by atoms with Gasteiger partial charge in [-0.1, -0.05) is 20.8 Å². The van der Waals surface area contributed by atoms with Gasteiger partial charge in [-0.2, -0.15) is 9.47 Å². The number of hydrogen-bond acceptors (Lipinski definition) is 7. The molecule has 3 fully saturated rings. The third-order valence-corrected chi connectivity index (χ3v) is 6.66. The van der Waals surface area contributed by atoms with Crippen molar-refractivity contribution in [2.75, 3.05) is 36.0 Å². The monoisotopic (exact) mass is 370 g/mol. The first kappa shape index (κ1) is 16.4. The molecule has 2 atom stereocenters. The maximum atomic E-state index is 4.79. The SMILES string of the molecule is CC(C)(C)c1ccc(N2CC3CN(c4nc(C5CC5)ns4)CC3C2)nn1. The highest BCUT2D eigenvalue weighted by molar-refractivity contribution is 7.09. The molecule has 2 aromatic rings. The van der Waals surface area contributed by atoms with Crippen LogP contribution in [0.25, 0.3) is 0 Å². The van der Waals surface area contributed by atoms with E-state index in [9.17, 15) is 0 Å². The normalized spacial score (nSPS) is 25.8. The van der Waals surface area contributed by atoms with Crippen LogP contribution in [0.5, 0.6) is 0 Å². The molecule has 2 aliphatic heterocycles. The summed E-state index contributed by atoms with van der Waals surface area (Å²) < 4.78 is 4.57. The zero-order chi connectivity index (χ0) is 17.9. The standard InChI is InChI=1S/C19H26N6S/c1-19(2,3)15-6-7-16(22-21-15)24-8-13-10-25(11-14(13)9-24)18-20-17(23-26-18)12-4-5-12/h6-7,12-14H,4-5,8-11H2,1-3H3. The Morgan fingerprint density at radius 1 is 0.962 bits per heavy atom. The Morgan fingerprint density at radius 3 is 2.23 bits per heavy atom. The Hall–Kier alpha value is -1.76. The summed E-state index contributed by atoms with van der Waals surface area (Å²) in [5.41, 5.74) is 1.10. The summed E-state index contributed by atoms with van der Waals surface area (Å²) in [5, 5.41) is 10.1. The van der Waals surface area contributed by atoms with E-state index in [4.69, 9.17) is 4.98 Å². The van der Waals surface area contributed by atoms with E-state index in [0.717, 1.165) is 48.6 Å². The van der Waals surface area contributed by atoms with Gasteiger partial charge in [0.05, 0.1) is 5.69 Å². The van der Waals surface area contributed by atoms with E-state index in [-0.39, 0.29) is 5.41 Å². The van der Waals surface area contributed by atoms with Crippen molar-refractivity contribution in [3.8, 4) is 0 Å². The van der Waals surface area contributed by atoms with Crippen molar-refractivity contribution in [2.45, 2.75) is 44.9 Å². The zero-order valence-corrected chi connectivity index (χ0v) is 16.5. The van der Waals surface area contributed by atoms with Crippen LogP contribution in [-0.4, -0.2) is 45.7 Å². The van der Waals surface area contributed by atoms with Crippen molar-refractivity contribution in [1.29, 1.82) is 0 Å². The molecule has 0 aromatic carbocycles. The number of fused-ring (bicyclic) bond motifs is 1. The Bertz CT molecular complexity index is 777. The minimum Gasteiger partial charge on any atom is -0.354 e. The first-order valence-corrected chi connectivity index (χ1v) is 10.4. The molecule has 2 aromatic heterocycles. The number of nitrogens with zero attached hydrogens (tertiary/aromatic N) is 6. The fourth-order valence-corrected chi connectivity index (χ4v) is 4.86. The quantitative estimate of drug-likeness (QED) is 0.828. The molecule has 0 bridgehead atoms. The lowest BCUT2D eigenvalue weighted by atomic mass is 9.92. The maximum absolute atomic E-state index is 4.79. The van der Waals surface area contributed by atoms with E-state index in [0.29, 0.717) is 17.8 Å². The van der Waals surface area contributed by atoms with Gasteiger partial charge in [0.25, 0.3) is 0 Å². The predicted molar refractivity (Wildman–Crippen MR) is 104 cm³/mol. The van der Waals surface area contributed by atoms with Crippen LogP contribution in [-0.2, 0) is 5.41 Å². The molecule has 0 amide bonds. The molecule has 2 unspecified atom stereocenters. The molecule has 7 heteroatoms. The number of rotatable bonds is 3. The van der Waals surface area contributed by atoms with Crippen LogP contribution in [0, 0.1) is 11.8 Å². The molecular weight excluding hydrogens is 344 g/mol. The second-order valence-electron chi connectivity index (χ2n) is 9.07. The fraction of sp³-hybridized carbons (Fsp3) is 0.684. The number of hydrogen-bond donors (Lipinski definition) is 0. The van der Waals surface area contributed by atoms with Crippen LogP contribution in [0.15, 0.2) is 12.1 Å². The second kappa shape index (κ2) is 5.87. The van der Waals surface area contributed by atoms with Gasteiger partial charge in [0.1, 0.15) is 5.82 Å². The summed E-state index contributed by atoms with van der Waals surface area (Å²) in [4.78, 5) is 9.64. The Kier molecular flexibility index (Phi) is 3.71. The topological polar surface area (TPSA) is 58.0 Å². The summed E-state index contributed by atoms with van der Waals surface area (Å²) in [7, 11) is 0. The van der Waals surface area contributed by atoms with Gasteiger partial charge in [-0.25, -0.2) is 4.98 Å². The lowest BCUT2D eigenvalue weighted by molar-refractivity contribution is 0.533. The maximum Gasteiger partial charge on any atom is 0.205 e. The molecule has 0 radical (unpaired) electrons. The van der Waals surface area contributed by atoms with E-state index < -0.39 is 0 Å². The molecule has 26 heavy (non-hydrogen) atoms. The summed E-state index contributed by atoms with van der Waals surface area (Å²) in [6.45, 7) is 10.8. The Balaban J connectivity index is 1.23. The van der Waals surface area contributed by atoms with E-state index in [2.05, 4.69) is 57.3 Å². The average molecular weight is 371 g/mol. The molecule has 0 spiro atoms. The summed E-state index contributed by atoms with van der Waals surface area (Å²) in [5.74, 6) is 4.12. The third kappa shape index (κ3) is 2.96. The first-order valence-electron chi connectivity index (χ1n) is 9.65. The Morgan fingerprint density at radius 2 is 1.65 bits per heavy atom. The van der Waals surface area contributed by atoms with Crippen molar-refractivity contribution in [2.24, 2.45) is 11.8 Å². The number of anilines is 2. The van der Waals surface area contributed by atoms with Gasteiger partial charge in [0.2, 0.25) is 5.13 Å². The minimum absolute atomic E-state index is 0.0502. The van der Waals surface area contributed by atoms with Gasteiger partial charge in [-0.3, -0.25) is 0 Å². The van der Waals surface area contributed by atoms with Gasteiger partial charge >= 0.3 is 0 Å².